The van der Waals surface area contributed by atoms with Gasteiger partial charge in [0.1, 0.15) is 11.5 Å². The van der Waals surface area contributed by atoms with Crippen LogP contribution in [0.1, 0.15) is 23.5 Å². The summed E-state index contributed by atoms with van der Waals surface area (Å²) in [7, 11) is 0. The molecule has 2 rings (SSSR count). The number of ether oxygens (including phenoxy) is 1. The van der Waals surface area contributed by atoms with E-state index in [0.717, 1.165) is 11.5 Å². The Hall–Kier alpha value is -1.82. The average Bonchev–Trinajstić information content (AvgIpc) is 2.86. The Balaban J connectivity index is 2.22. The van der Waals surface area contributed by atoms with Gasteiger partial charge in [0.2, 0.25) is 0 Å². The molecule has 0 unspecified atom stereocenters. The number of carbonyl (C=O) groups is 1. The molecule has 0 radical (unpaired) electrons. The van der Waals surface area contributed by atoms with Crippen molar-refractivity contribution < 1.29 is 13.9 Å². The van der Waals surface area contributed by atoms with E-state index in [1.807, 2.05) is 13.8 Å². The summed E-state index contributed by atoms with van der Waals surface area (Å²) in [6.07, 6.45) is 0. The molecule has 4 nitrogen and oxygen atoms in total. The van der Waals surface area contributed by atoms with Crippen LogP contribution in [0.2, 0.25) is 0 Å². The van der Waals surface area contributed by atoms with E-state index in [0.29, 0.717) is 22.7 Å². The highest BCUT2D eigenvalue weighted by molar-refractivity contribution is 7.08. The fourth-order valence-corrected chi connectivity index (χ4v) is 2.01. The third-order valence-electron chi connectivity index (χ3n) is 2.34. The summed E-state index contributed by atoms with van der Waals surface area (Å²) >= 11 is 0.979. The second-order valence-corrected chi connectivity index (χ2v) is 5.20. The molecule has 0 aliphatic heterocycles. The van der Waals surface area contributed by atoms with Gasteiger partial charge in [0.05, 0.1) is 6.61 Å². The van der Waals surface area contributed by atoms with E-state index in [4.69, 9.17) is 4.74 Å². The number of nitrogens with zero attached hydrogens (tertiary/aromatic N) is 2. The molecule has 1 aromatic carbocycles. The van der Waals surface area contributed by atoms with Gasteiger partial charge in [0.15, 0.2) is 4.88 Å². The standard InChI is InChI=1S/C13H13FN2O2S/c1-8(2)7-18-13(17)12-11(15-16-19-12)9-3-5-10(14)6-4-9/h3-6,8H,7H2,1-2H3. The fraction of sp³-hybridized carbons (Fsp3) is 0.308. The lowest BCUT2D eigenvalue weighted by Crippen LogP contribution is -2.09. The maximum absolute atomic E-state index is 12.9. The van der Waals surface area contributed by atoms with Crippen molar-refractivity contribution in [1.82, 2.24) is 9.59 Å². The number of hydrogen-bond acceptors (Lipinski definition) is 5. The van der Waals surface area contributed by atoms with E-state index in [1.165, 1.54) is 12.1 Å². The Bertz CT molecular complexity index is 566. The topological polar surface area (TPSA) is 52.1 Å². The molecule has 19 heavy (non-hydrogen) atoms. The average molecular weight is 280 g/mol. The van der Waals surface area contributed by atoms with Crippen LogP contribution in [0, 0.1) is 11.7 Å². The van der Waals surface area contributed by atoms with Crippen molar-refractivity contribution >= 4 is 17.5 Å². The van der Waals surface area contributed by atoms with E-state index in [9.17, 15) is 9.18 Å². The van der Waals surface area contributed by atoms with Crippen LogP contribution in [0.5, 0.6) is 0 Å². The fourth-order valence-electron chi connectivity index (χ4n) is 1.43. The first-order valence-corrected chi connectivity index (χ1v) is 6.60. The van der Waals surface area contributed by atoms with Gasteiger partial charge in [-0.1, -0.05) is 18.3 Å². The van der Waals surface area contributed by atoms with E-state index < -0.39 is 5.97 Å². The van der Waals surface area contributed by atoms with Crippen LogP contribution in [0.25, 0.3) is 11.3 Å². The highest BCUT2D eigenvalue weighted by Gasteiger charge is 2.19. The molecule has 0 saturated heterocycles. The van der Waals surface area contributed by atoms with Crippen LogP contribution >= 0.6 is 11.5 Å². The molecule has 0 amide bonds. The SMILES string of the molecule is CC(C)COC(=O)c1snnc1-c1ccc(F)cc1. The molecule has 0 spiro atoms. The highest BCUT2D eigenvalue weighted by atomic mass is 32.1. The summed E-state index contributed by atoms with van der Waals surface area (Å²) in [4.78, 5) is 12.2. The van der Waals surface area contributed by atoms with Gasteiger partial charge in [-0.15, -0.1) is 5.10 Å². The number of rotatable bonds is 4. The van der Waals surface area contributed by atoms with E-state index in [-0.39, 0.29) is 11.7 Å². The van der Waals surface area contributed by atoms with Crippen LogP contribution in [0.4, 0.5) is 4.39 Å². The van der Waals surface area contributed by atoms with Crippen LogP contribution < -0.4 is 0 Å². The number of halogens is 1. The van der Waals surface area contributed by atoms with Crippen LogP contribution in [-0.4, -0.2) is 22.2 Å². The lowest BCUT2D eigenvalue weighted by atomic mass is 10.1. The number of esters is 1. The van der Waals surface area contributed by atoms with Crippen LogP contribution in [-0.2, 0) is 4.74 Å². The predicted octanol–water partition coefficient (Wildman–Crippen LogP) is 3.16. The van der Waals surface area contributed by atoms with Gasteiger partial charge in [0.25, 0.3) is 0 Å². The molecule has 0 aliphatic carbocycles. The second kappa shape index (κ2) is 5.88. The minimum absolute atomic E-state index is 0.263. The molecule has 1 aromatic heterocycles. The molecule has 0 saturated carbocycles. The van der Waals surface area contributed by atoms with Crippen molar-refractivity contribution in [3.63, 3.8) is 0 Å². The van der Waals surface area contributed by atoms with Gasteiger partial charge >= 0.3 is 5.97 Å². The second-order valence-electron chi connectivity index (χ2n) is 4.45. The van der Waals surface area contributed by atoms with Crippen molar-refractivity contribution in [3.8, 4) is 11.3 Å². The number of aromatic nitrogens is 2. The van der Waals surface area contributed by atoms with Gasteiger partial charge in [-0.3, -0.25) is 0 Å². The first kappa shape index (κ1) is 13.6. The summed E-state index contributed by atoms with van der Waals surface area (Å²) in [6.45, 7) is 4.26. The molecular formula is C13H13FN2O2S. The lowest BCUT2D eigenvalue weighted by molar-refractivity contribution is 0.0465. The summed E-state index contributed by atoms with van der Waals surface area (Å²) in [5.41, 5.74) is 1.07. The Morgan fingerprint density at radius 3 is 2.68 bits per heavy atom. The van der Waals surface area contributed by atoms with Gasteiger partial charge in [0, 0.05) is 5.56 Å². The molecular weight excluding hydrogens is 267 g/mol. The molecule has 0 fully saturated rings. The van der Waals surface area contributed by atoms with Gasteiger partial charge in [-0.25, -0.2) is 9.18 Å². The first-order valence-electron chi connectivity index (χ1n) is 5.83. The van der Waals surface area contributed by atoms with E-state index in [2.05, 4.69) is 9.59 Å². The summed E-state index contributed by atoms with van der Waals surface area (Å²) in [6, 6.07) is 5.76. The molecule has 0 atom stereocenters. The molecule has 2 aromatic rings. The largest absolute Gasteiger partial charge is 0.461 e. The Kier molecular flexibility index (Phi) is 4.21. The van der Waals surface area contributed by atoms with Crippen molar-refractivity contribution in [2.24, 2.45) is 5.92 Å². The third kappa shape index (κ3) is 3.35. The minimum Gasteiger partial charge on any atom is -0.461 e. The zero-order valence-corrected chi connectivity index (χ0v) is 11.4. The Morgan fingerprint density at radius 1 is 1.37 bits per heavy atom. The zero-order valence-electron chi connectivity index (χ0n) is 10.6. The summed E-state index contributed by atoms with van der Waals surface area (Å²) < 4.78 is 21.8. The quantitative estimate of drug-likeness (QED) is 0.807. The van der Waals surface area contributed by atoms with Crippen molar-refractivity contribution in [2.75, 3.05) is 6.61 Å². The van der Waals surface area contributed by atoms with E-state index in [1.54, 1.807) is 12.1 Å². The van der Waals surface area contributed by atoms with Crippen molar-refractivity contribution in [2.45, 2.75) is 13.8 Å². The highest BCUT2D eigenvalue weighted by Crippen LogP contribution is 2.24. The number of carbonyl (C=O) groups excluding carboxylic acids is 1. The minimum atomic E-state index is -0.442. The van der Waals surface area contributed by atoms with Crippen LogP contribution in [0.15, 0.2) is 24.3 Å². The van der Waals surface area contributed by atoms with E-state index >= 15 is 0 Å². The van der Waals surface area contributed by atoms with Gasteiger partial charge in [-0.05, 0) is 41.7 Å². The molecule has 0 aliphatic rings. The summed E-state index contributed by atoms with van der Waals surface area (Å²) in [5.74, 6) is -0.516. The molecule has 1 heterocycles. The molecule has 6 heteroatoms. The first-order chi connectivity index (χ1) is 9.08. The maximum atomic E-state index is 12.9. The number of hydrogen-bond donors (Lipinski definition) is 0. The van der Waals surface area contributed by atoms with Crippen molar-refractivity contribution in [1.29, 1.82) is 0 Å². The normalized spacial score (nSPS) is 10.7. The molecule has 0 bridgehead atoms. The molecule has 100 valence electrons. The van der Waals surface area contributed by atoms with Crippen LogP contribution in [0.3, 0.4) is 0 Å². The lowest BCUT2D eigenvalue weighted by Gasteiger charge is -2.06. The smallest absolute Gasteiger partial charge is 0.352 e. The molecule has 0 N–H and O–H groups in total. The number of benzene rings is 1. The monoisotopic (exact) mass is 280 g/mol. The van der Waals surface area contributed by atoms with Crippen molar-refractivity contribution in [3.05, 3.63) is 35.0 Å². The Labute approximate surface area is 114 Å². The van der Waals surface area contributed by atoms with Gasteiger partial charge in [-0.2, -0.15) is 0 Å². The summed E-state index contributed by atoms with van der Waals surface area (Å²) in [5, 5.41) is 3.91. The van der Waals surface area contributed by atoms with Gasteiger partial charge < -0.3 is 4.74 Å². The third-order valence-corrected chi connectivity index (χ3v) is 3.04. The maximum Gasteiger partial charge on any atom is 0.352 e. The Morgan fingerprint density at radius 2 is 2.05 bits per heavy atom. The predicted molar refractivity (Wildman–Crippen MR) is 70.4 cm³/mol. The zero-order chi connectivity index (χ0) is 13.8.